The molecule has 0 spiro atoms. The van der Waals surface area contributed by atoms with E-state index in [0.29, 0.717) is 26.7 Å². The number of thiazole rings is 1. The second-order valence-electron chi connectivity index (χ2n) is 6.56. The van der Waals surface area contributed by atoms with Gasteiger partial charge in [0.05, 0.1) is 17.5 Å². The molecule has 2 amide bonds. The molecule has 0 aliphatic heterocycles. The maximum atomic E-state index is 12.5. The van der Waals surface area contributed by atoms with Gasteiger partial charge in [-0.3, -0.25) is 9.59 Å². The van der Waals surface area contributed by atoms with Crippen molar-refractivity contribution in [2.75, 3.05) is 5.32 Å². The summed E-state index contributed by atoms with van der Waals surface area (Å²) in [6.07, 6.45) is 0. The SMILES string of the molecule is Cc1nc(NC(=O)[C@H](C)Sc2nnc(CNC(=O)c3ccc(Cl)cc3)n2C)sc1C. The van der Waals surface area contributed by atoms with E-state index in [1.807, 2.05) is 13.8 Å². The van der Waals surface area contributed by atoms with Crippen LogP contribution in [-0.4, -0.2) is 36.8 Å². The molecular weight excluding hydrogens is 444 g/mol. The molecule has 158 valence electrons. The molecule has 0 fully saturated rings. The molecule has 0 bridgehead atoms. The highest BCUT2D eigenvalue weighted by molar-refractivity contribution is 8.00. The Balaban J connectivity index is 1.56. The van der Waals surface area contributed by atoms with Crippen LogP contribution in [0.15, 0.2) is 29.4 Å². The quantitative estimate of drug-likeness (QED) is 0.518. The van der Waals surface area contributed by atoms with Crippen molar-refractivity contribution in [1.82, 2.24) is 25.1 Å². The minimum atomic E-state index is -0.395. The molecule has 1 atom stereocenters. The van der Waals surface area contributed by atoms with Gasteiger partial charge in [0.1, 0.15) is 0 Å². The predicted molar refractivity (Wildman–Crippen MR) is 119 cm³/mol. The Morgan fingerprint density at radius 1 is 1.23 bits per heavy atom. The number of aromatic nitrogens is 4. The van der Waals surface area contributed by atoms with E-state index in [1.54, 1.807) is 42.8 Å². The molecule has 0 aliphatic carbocycles. The average molecular weight is 465 g/mol. The van der Waals surface area contributed by atoms with Crippen LogP contribution in [-0.2, 0) is 18.4 Å². The summed E-state index contributed by atoms with van der Waals surface area (Å²) in [7, 11) is 1.80. The number of hydrogen-bond acceptors (Lipinski definition) is 7. The van der Waals surface area contributed by atoms with Gasteiger partial charge in [-0.15, -0.1) is 21.5 Å². The number of aryl methyl sites for hydroxylation is 2. The maximum absolute atomic E-state index is 12.5. The Morgan fingerprint density at radius 2 is 1.93 bits per heavy atom. The first kappa shape index (κ1) is 22.3. The lowest BCUT2D eigenvalue weighted by molar-refractivity contribution is -0.115. The third kappa shape index (κ3) is 5.38. The molecule has 0 saturated carbocycles. The van der Waals surface area contributed by atoms with E-state index < -0.39 is 5.25 Å². The average Bonchev–Trinajstić information content (AvgIpc) is 3.21. The lowest BCUT2D eigenvalue weighted by Crippen LogP contribution is -2.24. The second-order valence-corrected chi connectivity index (χ2v) is 9.50. The van der Waals surface area contributed by atoms with Crippen LogP contribution in [0.4, 0.5) is 5.13 Å². The molecule has 0 saturated heterocycles. The van der Waals surface area contributed by atoms with E-state index in [4.69, 9.17) is 11.6 Å². The Hall–Kier alpha value is -2.43. The first-order valence-electron chi connectivity index (χ1n) is 9.08. The van der Waals surface area contributed by atoms with Gasteiger partial charge in [0.25, 0.3) is 5.91 Å². The van der Waals surface area contributed by atoms with E-state index in [-0.39, 0.29) is 18.4 Å². The first-order chi connectivity index (χ1) is 14.2. The zero-order valence-corrected chi connectivity index (χ0v) is 19.3. The molecule has 3 aromatic rings. The van der Waals surface area contributed by atoms with Gasteiger partial charge < -0.3 is 15.2 Å². The molecule has 2 aromatic heterocycles. The van der Waals surface area contributed by atoms with Crippen molar-refractivity contribution in [3.8, 4) is 0 Å². The van der Waals surface area contributed by atoms with E-state index in [2.05, 4.69) is 25.8 Å². The molecule has 0 radical (unpaired) electrons. The third-order valence-corrected chi connectivity index (χ3v) is 6.72. The van der Waals surface area contributed by atoms with Crippen LogP contribution in [0.25, 0.3) is 0 Å². The minimum Gasteiger partial charge on any atom is -0.345 e. The Labute approximate surface area is 187 Å². The number of nitrogens with one attached hydrogen (secondary N) is 2. The van der Waals surface area contributed by atoms with Crippen LogP contribution in [0, 0.1) is 13.8 Å². The van der Waals surface area contributed by atoms with Gasteiger partial charge in [-0.05, 0) is 45.0 Å². The topological polar surface area (TPSA) is 102 Å². The molecule has 2 heterocycles. The summed E-state index contributed by atoms with van der Waals surface area (Å²) in [6.45, 7) is 5.88. The summed E-state index contributed by atoms with van der Waals surface area (Å²) in [4.78, 5) is 30.1. The van der Waals surface area contributed by atoms with Gasteiger partial charge in [-0.25, -0.2) is 4.98 Å². The summed E-state index contributed by atoms with van der Waals surface area (Å²) in [6, 6.07) is 6.63. The van der Waals surface area contributed by atoms with Crippen molar-refractivity contribution in [2.45, 2.75) is 37.7 Å². The minimum absolute atomic E-state index is 0.158. The monoisotopic (exact) mass is 464 g/mol. The van der Waals surface area contributed by atoms with Crippen LogP contribution in [0.2, 0.25) is 5.02 Å². The van der Waals surface area contributed by atoms with Crippen LogP contribution in [0.5, 0.6) is 0 Å². The fourth-order valence-corrected chi connectivity index (χ4v) is 4.19. The molecule has 11 heteroatoms. The number of anilines is 1. The number of hydrogen-bond donors (Lipinski definition) is 2. The predicted octanol–water partition coefficient (Wildman–Crippen LogP) is 3.59. The number of amides is 2. The lowest BCUT2D eigenvalue weighted by atomic mass is 10.2. The standard InChI is InChI=1S/C19H21ClN6O2S2/c1-10-11(2)29-18(22-10)23-16(27)12(3)30-19-25-24-15(26(19)4)9-21-17(28)13-5-7-14(20)8-6-13/h5-8,12H,9H2,1-4H3,(H,21,28)(H,22,23,27)/t12-/m0/s1. The molecule has 8 nitrogen and oxygen atoms in total. The van der Waals surface area contributed by atoms with Gasteiger partial charge in [0.15, 0.2) is 16.1 Å². The zero-order valence-electron chi connectivity index (χ0n) is 16.9. The summed E-state index contributed by atoms with van der Waals surface area (Å²) in [5.41, 5.74) is 1.42. The summed E-state index contributed by atoms with van der Waals surface area (Å²) in [5.74, 6) is 0.193. The summed E-state index contributed by atoms with van der Waals surface area (Å²) >= 11 is 8.58. The molecule has 30 heavy (non-hydrogen) atoms. The van der Waals surface area contributed by atoms with Crippen molar-refractivity contribution >= 4 is 51.6 Å². The van der Waals surface area contributed by atoms with E-state index in [9.17, 15) is 9.59 Å². The van der Waals surface area contributed by atoms with Crippen molar-refractivity contribution < 1.29 is 9.59 Å². The third-order valence-electron chi connectivity index (χ3n) is 4.35. The van der Waals surface area contributed by atoms with Crippen molar-refractivity contribution in [3.05, 3.63) is 51.2 Å². The van der Waals surface area contributed by atoms with Gasteiger partial charge in [-0.1, -0.05) is 23.4 Å². The number of thioether (sulfide) groups is 1. The van der Waals surface area contributed by atoms with Crippen LogP contribution >= 0.6 is 34.7 Å². The number of nitrogens with zero attached hydrogens (tertiary/aromatic N) is 4. The molecular formula is C19H21ClN6O2S2. The molecule has 1 aromatic carbocycles. The van der Waals surface area contributed by atoms with Gasteiger partial charge in [0.2, 0.25) is 5.91 Å². The molecule has 3 rings (SSSR count). The van der Waals surface area contributed by atoms with Crippen molar-refractivity contribution in [3.63, 3.8) is 0 Å². The highest BCUT2D eigenvalue weighted by atomic mass is 35.5. The fourth-order valence-electron chi connectivity index (χ4n) is 2.41. The summed E-state index contributed by atoms with van der Waals surface area (Å²) in [5, 5.41) is 15.2. The Morgan fingerprint density at radius 3 is 2.57 bits per heavy atom. The normalized spacial score (nSPS) is 11.9. The summed E-state index contributed by atoms with van der Waals surface area (Å²) < 4.78 is 1.76. The number of benzene rings is 1. The Kier molecular flexibility index (Phi) is 7.11. The largest absolute Gasteiger partial charge is 0.345 e. The first-order valence-corrected chi connectivity index (χ1v) is 11.2. The van der Waals surface area contributed by atoms with Crippen LogP contribution < -0.4 is 10.6 Å². The maximum Gasteiger partial charge on any atom is 0.251 e. The lowest BCUT2D eigenvalue weighted by Gasteiger charge is -2.10. The van der Waals surface area contributed by atoms with E-state index in [1.165, 1.54) is 23.1 Å². The number of halogens is 1. The smallest absolute Gasteiger partial charge is 0.251 e. The van der Waals surface area contributed by atoms with Crippen molar-refractivity contribution in [1.29, 1.82) is 0 Å². The number of rotatable bonds is 7. The van der Waals surface area contributed by atoms with Gasteiger partial charge in [0, 0.05) is 22.5 Å². The highest BCUT2D eigenvalue weighted by Gasteiger charge is 2.20. The van der Waals surface area contributed by atoms with Gasteiger partial charge >= 0.3 is 0 Å². The Bertz CT molecular complexity index is 1040. The fraction of sp³-hybridized carbons (Fsp3) is 0.316. The molecule has 0 aliphatic rings. The van der Waals surface area contributed by atoms with E-state index in [0.717, 1.165) is 10.6 Å². The zero-order chi connectivity index (χ0) is 21.8. The number of carbonyl (C=O) groups excluding carboxylic acids is 2. The van der Waals surface area contributed by atoms with E-state index >= 15 is 0 Å². The van der Waals surface area contributed by atoms with Crippen LogP contribution in [0.1, 0.15) is 33.7 Å². The highest BCUT2D eigenvalue weighted by Crippen LogP contribution is 2.25. The second kappa shape index (κ2) is 9.59. The molecule has 2 N–H and O–H groups in total. The van der Waals surface area contributed by atoms with Crippen LogP contribution in [0.3, 0.4) is 0 Å². The van der Waals surface area contributed by atoms with Gasteiger partial charge in [-0.2, -0.15) is 0 Å². The molecule has 0 unspecified atom stereocenters. The van der Waals surface area contributed by atoms with Crippen molar-refractivity contribution in [2.24, 2.45) is 7.05 Å². The number of carbonyl (C=O) groups is 2.